The number of halogens is 3. The smallest absolute Gasteiger partial charge is 0.160 e. The van der Waals surface area contributed by atoms with Gasteiger partial charge in [-0.3, -0.25) is 0 Å². The largest absolute Gasteiger partial charge is 0.309 e. The number of rotatable bonds is 5. The molecule has 18 heavy (non-hydrogen) atoms. The van der Waals surface area contributed by atoms with Crippen molar-refractivity contribution in [3.63, 3.8) is 0 Å². The van der Waals surface area contributed by atoms with Crippen molar-refractivity contribution in [2.45, 2.75) is 13.0 Å². The van der Waals surface area contributed by atoms with Crippen molar-refractivity contribution in [3.05, 3.63) is 34.4 Å². The highest BCUT2D eigenvalue weighted by Gasteiger charge is 2.21. The first-order valence-electron chi connectivity index (χ1n) is 5.30. The van der Waals surface area contributed by atoms with Crippen LogP contribution in [-0.2, 0) is 9.84 Å². The lowest BCUT2D eigenvalue weighted by Gasteiger charge is -2.18. The number of hydrogen-bond acceptors (Lipinski definition) is 3. The van der Waals surface area contributed by atoms with Crippen LogP contribution in [0.15, 0.2) is 12.1 Å². The van der Waals surface area contributed by atoms with Crippen molar-refractivity contribution in [2.24, 2.45) is 0 Å². The highest BCUT2D eigenvalue weighted by Crippen LogP contribution is 2.26. The summed E-state index contributed by atoms with van der Waals surface area (Å²) in [5.41, 5.74) is 0.239. The second-order valence-corrected chi connectivity index (χ2v) is 6.58. The van der Waals surface area contributed by atoms with E-state index in [9.17, 15) is 17.2 Å². The molecule has 0 amide bonds. The molecule has 3 nitrogen and oxygen atoms in total. The molecule has 1 aromatic carbocycles. The molecule has 1 atom stereocenters. The second-order valence-electron chi connectivity index (χ2n) is 3.99. The van der Waals surface area contributed by atoms with Gasteiger partial charge in [-0.2, -0.15) is 0 Å². The van der Waals surface area contributed by atoms with E-state index in [1.165, 1.54) is 0 Å². The number of hydrogen-bond donors (Lipinski definition) is 1. The SMILES string of the molecule is CCNC(CS(C)(=O)=O)c1cc(F)c(F)cc1Cl. The molecule has 1 N–H and O–H groups in total. The minimum Gasteiger partial charge on any atom is -0.309 e. The van der Waals surface area contributed by atoms with Crippen molar-refractivity contribution in [2.75, 3.05) is 18.6 Å². The molecule has 0 spiro atoms. The lowest BCUT2D eigenvalue weighted by atomic mass is 10.1. The molecular formula is C11H14ClF2NO2S. The van der Waals surface area contributed by atoms with Gasteiger partial charge in [-0.25, -0.2) is 17.2 Å². The van der Waals surface area contributed by atoms with Crippen LogP contribution in [-0.4, -0.2) is 27.0 Å². The van der Waals surface area contributed by atoms with E-state index in [-0.39, 0.29) is 16.3 Å². The normalized spacial score (nSPS) is 13.6. The summed E-state index contributed by atoms with van der Waals surface area (Å²) in [6.07, 6.45) is 1.07. The summed E-state index contributed by atoms with van der Waals surface area (Å²) in [6.45, 7) is 2.26. The monoisotopic (exact) mass is 297 g/mol. The second kappa shape index (κ2) is 5.95. The van der Waals surface area contributed by atoms with Crippen LogP contribution < -0.4 is 5.32 Å². The van der Waals surface area contributed by atoms with E-state index in [4.69, 9.17) is 11.6 Å². The number of sulfone groups is 1. The minimum absolute atomic E-state index is 0.00324. The van der Waals surface area contributed by atoms with E-state index in [0.717, 1.165) is 18.4 Å². The fourth-order valence-electron chi connectivity index (χ4n) is 1.61. The number of benzene rings is 1. The van der Waals surface area contributed by atoms with E-state index >= 15 is 0 Å². The molecule has 0 saturated heterocycles. The quantitative estimate of drug-likeness (QED) is 0.849. The van der Waals surface area contributed by atoms with Crippen molar-refractivity contribution >= 4 is 21.4 Å². The maximum Gasteiger partial charge on any atom is 0.160 e. The maximum absolute atomic E-state index is 13.2. The van der Waals surface area contributed by atoms with Gasteiger partial charge in [0.15, 0.2) is 11.6 Å². The molecule has 0 saturated carbocycles. The molecule has 1 unspecified atom stereocenters. The fourth-order valence-corrected chi connectivity index (χ4v) is 2.80. The predicted molar refractivity (Wildman–Crippen MR) is 67.5 cm³/mol. The van der Waals surface area contributed by atoms with Gasteiger partial charge in [0.1, 0.15) is 9.84 Å². The van der Waals surface area contributed by atoms with Gasteiger partial charge in [-0.15, -0.1) is 0 Å². The highest BCUT2D eigenvalue weighted by atomic mass is 35.5. The standard InChI is InChI=1S/C11H14ClF2NO2S/c1-3-15-11(6-18(2,16)17)7-4-9(13)10(14)5-8(7)12/h4-5,11,15H,3,6H2,1-2H3. The zero-order valence-electron chi connectivity index (χ0n) is 10.0. The molecule has 0 aromatic heterocycles. The fraction of sp³-hybridized carbons (Fsp3) is 0.455. The Hall–Kier alpha value is -0.720. The molecule has 0 radical (unpaired) electrons. The average molecular weight is 298 g/mol. The van der Waals surface area contributed by atoms with Gasteiger partial charge in [0, 0.05) is 17.3 Å². The third kappa shape index (κ3) is 4.19. The van der Waals surface area contributed by atoms with E-state index in [0.29, 0.717) is 6.54 Å². The van der Waals surface area contributed by atoms with Crippen LogP contribution >= 0.6 is 11.6 Å². The first-order valence-corrected chi connectivity index (χ1v) is 7.74. The topological polar surface area (TPSA) is 46.2 Å². The Balaban J connectivity index is 3.17. The Morgan fingerprint density at radius 2 is 1.89 bits per heavy atom. The molecule has 0 aliphatic rings. The molecule has 102 valence electrons. The zero-order chi connectivity index (χ0) is 13.9. The molecule has 1 rings (SSSR count). The third-order valence-corrected chi connectivity index (χ3v) is 3.60. The molecule has 0 fully saturated rings. The predicted octanol–water partition coefficient (Wildman–Crippen LogP) is 2.31. The molecule has 0 aliphatic heterocycles. The molecule has 7 heteroatoms. The van der Waals surface area contributed by atoms with E-state index in [1.54, 1.807) is 6.92 Å². The van der Waals surface area contributed by atoms with E-state index < -0.39 is 27.5 Å². The van der Waals surface area contributed by atoms with Gasteiger partial charge in [0.25, 0.3) is 0 Å². The Morgan fingerprint density at radius 1 is 1.33 bits per heavy atom. The third-order valence-electron chi connectivity index (χ3n) is 2.33. The molecule has 0 bridgehead atoms. The highest BCUT2D eigenvalue weighted by molar-refractivity contribution is 7.90. The number of nitrogens with one attached hydrogen (secondary N) is 1. The lowest BCUT2D eigenvalue weighted by molar-refractivity contribution is 0.501. The van der Waals surface area contributed by atoms with Gasteiger partial charge < -0.3 is 5.32 Å². The van der Waals surface area contributed by atoms with E-state index in [1.807, 2.05) is 0 Å². The summed E-state index contributed by atoms with van der Waals surface area (Å²) in [6, 6.07) is 1.11. The lowest BCUT2D eigenvalue weighted by Crippen LogP contribution is -2.28. The summed E-state index contributed by atoms with van der Waals surface area (Å²) >= 11 is 5.82. The van der Waals surface area contributed by atoms with Gasteiger partial charge in [-0.1, -0.05) is 18.5 Å². The molecule has 0 heterocycles. The Kier molecular flexibility index (Phi) is 5.07. The molecule has 1 aromatic rings. The van der Waals surface area contributed by atoms with Crippen molar-refractivity contribution < 1.29 is 17.2 Å². The van der Waals surface area contributed by atoms with E-state index in [2.05, 4.69) is 5.32 Å². The maximum atomic E-state index is 13.2. The first kappa shape index (κ1) is 15.3. The van der Waals surface area contributed by atoms with Crippen LogP contribution in [0.2, 0.25) is 5.02 Å². The van der Waals surface area contributed by atoms with Crippen LogP contribution in [0.25, 0.3) is 0 Å². The Morgan fingerprint density at radius 3 is 2.39 bits per heavy atom. The van der Waals surface area contributed by atoms with Crippen LogP contribution in [0.3, 0.4) is 0 Å². The minimum atomic E-state index is -3.27. The van der Waals surface area contributed by atoms with Crippen molar-refractivity contribution in [3.8, 4) is 0 Å². The molecule has 0 aliphatic carbocycles. The average Bonchev–Trinajstić information content (AvgIpc) is 2.21. The van der Waals surface area contributed by atoms with Gasteiger partial charge in [-0.05, 0) is 24.2 Å². The van der Waals surface area contributed by atoms with Crippen molar-refractivity contribution in [1.82, 2.24) is 5.32 Å². The van der Waals surface area contributed by atoms with Crippen LogP contribution in [0.4, 0.5) is 8.78 Å². The van der Waals surface area contributed by atoms with Crippen LogP contribution in [0.1, 0.15) is 18.5 Å². The summed E-state index contributed by atoms with van der Waals surface area (Å²) in [5, 5.41) is 2.89. The Labute approximate surface area is 110 Å². The summed E-state index contributed by atoms with van der Waals surface area (Å²) in [4.78, 5) is 0. The summed E-state index contributed by atoms with van der Waals surface area (Å²) < 4.78 is 48.7. The van der Waals surface area contributed by atoms with Crippen LogP contribution in [0, 0.1) is 11.6 Å². The summed E-state index contributed by atoms with van der Waals surface area (Å²) in [5.74, 6) is -2.34. The molecular weight excluding hydrogens is 284 g/mol. The van der Waals surface area contributed by atoms with Crippen molar-refractivity contribution in [1.29, 1.82) is 0 Å². The van der Waals surface area contributed by atoms with Gasteiger partial charge >= 0.3 is 0 Å². The van der Waals surface area contributed by atoms with Crippen LogP contribution in [0.5, 0.6) is 0 Å². The first-order chi connectivity index (χ1) is 8.24. The zero-order valence-corrected chi connectivity index (χ0v) is 11.6. The summed E-state index contributed by atoms with van der Waals surface area (Å²) in [7, 11) is -3.27. The van der Waals surface area contributed by atoms with Gasteiger partial charge in [0.05, 0.1) is 5.75 Å². The van der Waals surface area contributed by atoms with Gasteiger partial charge in [0.2, 0.25) is 0 Å². The Bertz CT molecular complexity index is 534.